The zero-order valence-corrected chi connectivity index (χ0v) is 13.4. The van der Waals surface area contributed by atoms with Gasteiger partial charge in [0.1, 0.15) is 0 Å². The molecule has 0 radical (unpaired) electrons. The summed E-state index contributed by atoms with van der Waals surface area (Å²) in [6.07, 6.45) is 1.02. The van der Waals surface area contributed by atoms with Gasteiger partial charge in [0.05, 0.1) is 5.92 Å². The van der Waals surface area contributed by atoms with Gasteiger partial charge in [-0.15, -0.1) is 0 Å². The maximum Gasteiger partial charge on any atom is 0.227 e. The maximum atomic E-state index is 12.2. The molecule has 0 aliphatic carbocycles. The van der Waals surface area contributed by atoms with Crippen molar-refractivity contribution >= 4 is 5.91 Å². The molecule has 1 unspecified atom stereocenters. The molecule has 1 aromatic rings. The van der Waals surface area contributed by atoms with E-state index in [4.69, 9.17) is 0 Å². The predicted octanol–water partition coefficient (Wildman–Crippen LogP) is 2.67. The number of nitrogens with zero attached hydrogens (tertiary/aromatic N) is 1. The van der Waals surface area contributed by atoms with Crippen molar-refractivity contribution < 1.29 is 4.79 Å². The van der Waals surface area contributed by atoms with Crippen LogP contribution in [0.25, 0.3) is 0 Å². The van der Waals surface area contributed by atoms with Gasteiger partial charge < -0.3 is 10.2 Å². The molecule has 0 fully saturated rings. The highest BCUT2D eigenvalue weighted by molar-refractivity contribution is 5.83. The second-order valence-electron chi connectivity index (χ2n) is 6.11. The number of amides is 1. The number of nitrogens with one attached hydrogen (secondary N) is 1. The Balaban J connectivity index is 2.70. The zero-order chi connectivity index (χ0) is 15.1. The summed E-state index contributed by atoms with van der Waals surface area (Å²) in [6.45, 7) is 7.97. The van der Waals surface area contributed by atoms with E-state index in [2.05, 4.69) is 42.3 Å². The third kappa shape index (κ3) is 5.33. The number of carbonyl (C=O) groups excluding carboxylic acids is 1. The molecular weight excluding hydrogens is 248 g/mol. The maximum absolute atomic E-state index is 12.2. The van der Waals surface area contributed by atoms with Crippen LogP contribution in [0, 0.1) is 5.92 Å². The molecule has 0 saturated heterocycles. The fraction of sp³-hybridized carbons (Fsp3) is 0.588. The molecule has 0 heterocycles. The van der Waals surface area contributed by atoms with E-state index in [-0.39, 0.29) is 11.8 Å². The minimum Gasteiger partial charge on any atom is -0.354 e. The lowest BCUT2D eigenvalue weighted by Gasteiger charge is -2.18. The Bertz CT molecular complexity index is 427. The first-order chi connectivity index (χ1) is 9.41. The van der Waals surface area contributed by atoms with Gasteiger partial charge in [0.25, 0.3) is 0 Å². The Morgan fingerprint density at radius 2 is 1.85 bits per heavy atom. The van der Waals surface area contributed by atoms with E-state index >= 15 is 0 Å². The standard InChI is InChI=1S/C17H28N2O/c1-13(2)12-15-8-6-7-9-16(15)14(3)17(20)18-10-11-19(4)5/h6-9,13-14H,10-12H2,1-5H3,(H,18,20). The van der Waals surface area contributed by atoms with Crippen LogP contribution >= 0.6 is 0 Å². The number of hydrogen-bond acceptors (Lipinski definition) is 2. The fourth-order valence-corrected chi connectivity index (χ4v) is 2.28. The highest BCUT2D eigenvalue weighted by Gasteiger charge is 2.18. The van der Waals surface area contributed by atoms with Gasteiger partial charge in [0, 0.05) is 13.1 Å². The fourth-order valence-electron chi connectivity index (χ4n) is 2.28. The predicted molar refractivity (Wildman–Crippen MR) is 85.0 cm³/mol. The van der Waals surface area contributed by atoms with Crippen LogP contribution in [0.3, 0.4) is 0 Å². The summed E-state index contributed by atoms with van der Waals surface area (Å²) >= 11 is 0. The normalized spacial score (nSPS) is 12.8. The van der Waals surface area contributed by atoms with Crippen molar-refractivity contribution in [2.24, 2.45) is 5.92 Å². The molecule has 3 nitrogen and oxygen atoms in total. The third-order valence-electron chi connectivity index (χ3n) is 3.40. The van der Waals surface area contributed by atoms with Crippen LogP contribution < -0.4 is 5.32 Å². The van der Waals surface area contributed by atoms with Crippen molar-refractivity contribution in [1.82, 2.24) is 10.2 Å². The highest BCUT2D eigenvalue weighted by atomic mass is 16.1. The Labute approximate surface area is 123 Å². The lowest BCUT2D eigenvalue weighted by Crippen LogP contribution is -2.34. The van der Waals surface area contributed by atoms with E-state index < -0.39 is 0 Å². The molecule has 1 amide bonds. The number of likely N-dealkylation sites (N-methyl/N-ethyl adjacent to an activating group) is 1. The SMILES string of the molecule is CC(C)Cc1ccccc1C(C)C(=O)NCCN(C)C. The Morgan fingerprint density at radius 3 is 2.45 bits per heavy atom. The van der Waals surface area contributed by atoms with Crippen LogP contribution in [0.5, 0.6) is 0 Å². The summed E-state index contributed by atoms with van der Waals surface area (Å²) in [7, 11) is 4.01. The summed E-state index contributed by atoms with van der Waals surface area (Å²) in [4.78, 5) is 14.3. The number of hydrogen-bond donors (Lipinski definition) is 1. The molecule has 112 valence electrons. The average Bonchev–Trinajstić information content (AvgIpc) is 2.37. The van der Waals surface area contributed by atoms with Gasteiger partial charge in [-0.1, -0.05) is 38.1 Å². The van der Waals surface area contributed by atoms with Gasteiger partial charge in [-0.25, -0.2) is 0 Å². The van der Waals surface area contributed by atoms with Gasteiger partial charge in [-0.2, -0.15) is 0 Å². The van der Waals surface area contributed by atoms with E-state index in [0.29, 0.717) is 12.5 Å². The molecule has 20 heavy (non-hydrogen) atoms. The molecule has 0 spiro atoms. The molecule has 1 N–H and O–H groups in total. The molecule has 0 aliphatic heterocycles. The van der Waals surface area contributed by atoms with Gasteiger partial charge in [-0.05, 0) is 44.5 Å². The minimum absolute atomic E-state index is 0.0906. The van der Waals surface area contributed by atoms with E-state index in [0.717, 1.165) is 18.5 Å². The van der Waals surface area contributed by atoms with E-state index in [1.54, 1.807) is 0 Å². The summed E-state index contributed by atoms with van der Waals surface area (Å²) < 4.78 is 0. The molecule has 0 saturated carbocycles. The highest BCUT2D eigenvalue weighted by Crippen LogP contribution is 2.22. The van der Waals surface area contributed by atoms with Crippen LogP contribution in [0.1, 0.15) is 37.8 Å². The minimum atomic E-state index is -0.0906. The van der Waals surface area contributed by atoms with Gasteiger partial charge in [-0.3, -0.25) is 4.79 Å². The smallest absolute Gasteiger partial charge is 0.227 e. The van der Waals surface area contributed by atoms with Crippen molar-refractivity contribution in [1.29, 1.82) is 0 Å². The quantitative estimate of drug-likeness (QED) is 0.830. The second kappa shape index (κ2) is 8.05. The van der Waals surface area contributed by atoms with Crippen molar-refractivity contribution in [2.45, 2.75) is 33.1 Å². The molecule has 0 aliphatic rings. The van der Waals surface area contributed by atoms with Crippen LogP contribution in [0.2, 0.25) is 0 Å². The number of carbonyl (C=O) groups is 1. The average molecular weight is 276 g/mol. The van der Waals surface area contributed by atoms with Crippen molar-refractivity contribution in [3.63, 3.8) is 0 Å². The Hall–Kier alpha value is -1.35. The molecule has 0 bridgehead atoms. The molecule has 1 rings (SSSR count). The Morgan fingerprint density at radius 1 is 1.20 bits per heavy atom. The van der Waals surface area contributed by atoms with Crippen molar-refractivity contribution in [3.8, 4) is 0 Å². The first-order valence-corrected chi connectivity index (χ1v) is 7.42. The first kappa shape index (κ1) is 16.7. The molecule has 1 atom stereocenters. The van der Waals surface area contributed by atoms with E-state index in [9.17, 15) is 4.79 Å². The summed E-state index contributed by atoms with van der Waals surface area (Å²) in [5, 5.41) is 3.01. The zero-order valence-electron chi connectivity index (χ0n) is 13.4. The van der Waals surface area contributed by atoms with Gasteiger partial charge in [0.2, 0.25) is 5.91 Å². The lowest BCUT2D eigenvalue weighted by atomic mass is 9.90. The largest absolute Gasteiger partial charge is 0.354 e. The first-order valence-electron chi connectivity index (χ1n) is 7.42. The molecule has 0 aromatic heterocycles. The second-order valence-corrected chi connectivity index (χ2v) is 6.11. The summed E-state index contributed by atoms with van der Waals surface area (Å²) in [5.74, 6) is 0.621. The number of rotatable bonds is 7. The monoisotopic (exact) mass is 276 g/mol. The Kier molecular flexibility index (Phi) is 6.73. The van der Waals surface area contributed by atoms with E-state index in [1.807, 2.05) is 27.1 Å². The van der Waals surface area contributed by atoms with Gasteiger partial charge >= 0.3 is 0 Å². The lowest BCUT2D eigenvalue weighted by molar-refractivity contribution is -0.122. The van der Waals surface area contributed by atoms with Crippen LogP contribution in [-0.2, 0) is 11.2 Å². The molecule has 1 aromatic carbocycles. The summed E-state index contributed by atoms with van der Waals surface area (Å²) in [5.41, 5.74) is 2.45. The van der Waals surface area contributed by atoms with Gasteiger partial charge in [0.15, 0.2) is 0 Å². The molecular formula is C17H28N2O. The van der Waals surface area contributed by atoms with Crippen LogP contribution in [0.15, 0.2) is 24.3 Å². The van der Waals surface area contributed by atoms with Crippen LogP contribution in [0.4, 0.5) is 0 Å². The summed E-state index contributed by atoms with van der Waals surface area (Å²) in [6, 6.07) is 8.29. The van der Waals surface area contributed by atoms with Crippen LogP contribution in [-0.4, -0.2) is 38.0 Å². The third-order valence-corrected chi connectivity index (χ3v) is 3.40. The molecule has 3 heteroatoms. The van der Waals surface area contributed by atoms with Crippen molar-refractivity contribution in [3.05, 3.63) is 35.4 Å². The van der Waals surface area contributed by atoms with Crippen molar-refractivity contribution in [2.75, 3.05) is 27.2 Å². The van der Waals surface area contributed by atoms with E-state index in [1.165, 1.54) is 5.56 Å². The topological polar surface area (TPSA) is 32.3 Å². The number of benzene rings is 1.